The molecule has 2 aliphatic heterocycles. The Labute approximate surface area is 108 Å². The van der Waals surface area contributed by atoms with E-state index in [2.05, 4.69) is 38.0 Å². The van der Waals surface area contributed by atoms with Gasteiger partial charge in [0.05, 0.1) is 22.7 Å². The highest BCUT2D eigenvalue weighted by Crippen LogP contribution is 2.44. The topological polar surface area (TPSA) is 33.6 Å². The molecule has 1 aromatic rings. The van der Waals surface area contributed by atoms with Crippen molar-refractivity contribution in [1.82, 2.24) is 0 Å². The minimum absolute atomic E-state index is 0.308. The monoisotopic (exact) mass is 242 g/mol. The minimum Gasteiger partial charge on any atom is -0.359 e. The molecule has 0 saturated carbocycles. The number of ether oxygens (including phenoxy) is 1. The van der Waals surface area contributed by atoms with Gasteiger partial charge in [-0.15, -0.1) is 0 Å². The summed E-state index contributed by atoms with van der Waals surface area (Å²) in [5.41, 5.74) is 3.62. The maximum absolute atomic E-state index is 6.13. The van der Waals surface area contributed by atoms with Gasteiger partial charge in [0.15, 0.2) is 0 Å². The number of nitrogens with zero attached hydrogens (tertiary/aromatic N) is 1. The van der Waals surface area contributed by atoms with E-state index in [1.807, 2.05) is 30.5 Å². The predicted molar refractivity (Wildman–Crippen MR) is 74.5 cm³/mol. The lowest BCUT2D eigenvalue weighted by Crippen LogP contribution is -2.31. The molecule has 0 aliphatic carbocycles. The van der Waals surface area contributed by atoms with E-state index in [4.69, 9.17) is 4.74 Å². The van der Waals surface area contributed by atoms with Crippen LogP contribution in [0.3, 0.4) is 0 Å². The van der Waals surface area contributed by atoms with Gasteiger partial charge in [0.2, 0.25) is 0 Å². The van der Waals surface area contributed by atoms with Crippen LogP contribution in [0.2, 0.25) is 0 Å². The molecule has 0 bridgehead atoms. The SMILES string of the molecule is CC1(C)OC(C)(C)C2=C1C=Nc1ccccc1N2. The lowest BCUT2D eigenvalue weighted by Gasteiger charge is -2.27. The Morgan fingerprint density at radius 1 is 1.06 bits per heavy atom. The van der Waals surface area contributed by atoms with Crippen molar-refractivity contribution in [2.45, 2.75) is 38.9 Å². The van der Waals surface area contributed by atoms with Crippen LogP contribution >= 0.6 is 0 Å². The largest absolute Gasteiger partial charge is 0.359 e. The van der Waals surface area contributed by atoms with Crippen LogP contribution in [0.1, 0.15) is 27.7 Å². The smallest absolute Gasteiger partial charge is 0.104 e. The molecule has 1 N–H and O–H groups in total. The molecule has 3 rings (SSSR count). The average Bonchev–Trinajstić information content (AvgIpc) is 2.43. The maximum Gasteiger partial charge on any atom is 0.104 e. The molecule has 3 nitrogen and oxygen atoms in total. The molecule has 0 unspecified atom stereocenters. The fraction of sp³-hybridized carbons (Fsp3) is 0.400. The third-order valence-electron chi connectivity index (χ3n) is 3.53. The van der Waals surface area contributed by atoms with E-state index < -0.39 is 0 Å². The summed E-state index contributed by atoms with van der Waals surface area (Å²) in [4.78, 5) is 4.57. The second-order valence-electron chi connectivity index (χ2n) is 5.81. The zero-order valence-electron chi connectivity index (χ0n) is 11.2. The summed E-state index contributed by atoms with van der Waals surface area (Å²) in [6.45, 7) is 8.35. The molecule has 2 heterocycles. The lowest BCUT2D eigenvalue weighted by atomic mass is 9.96. The van der Waals surface area contributed by atoms with Gasteiger partial charge in [-0.25, -0.2) is 0 Å². The first-order valence-electron chi connectivity index (χ1n) is 6.26. The van der Waals surface area contributed by atoms with Crippen molar-refractivity contribution < 1.29 is 4.74 Å². The first-order valence-corrected chi connectivity index (χ1v) is 6.26. The molecule has 0 aromatic heterocycles. The molecule has 0 fully saturated rings. The molecule has 0 amide bonds. The number of nitrogens with one attached hydrogen (secondary N) is 1. The van der Waals surface area contributed by atoms with Crippen molar-refractivity contribution in [3.05, 3.63) is 35.5 Å². The van der Waals surface area contributed by atoms with Gasteiger partial charge in [-0.3, -0.25) is 4.99 Å². The van der Waals surface area contributed by atoms with Crippen LogP contribution in [0.4, 0.5) is 11.4 Å². The Kier molecular flexibility index (Phi) is 2.20. The molecule has 3 heteroatoms. The first-order chi connectivity index (χ1) is 8.40. The van der Waals surface area contributed by atoms with Crippen LogP contribution in [0.5, 0.6) is 0 Å². The summed E-state index contributed by atoms with van der Waals surface area (Å²) >= 11 is 0. The van der Waals surface area contributed by atoms with Crippen LogP contribution in [0.25, 0.3) is 0 Å². The lowest BCUT2D eigenvalue weighted by molar-refractivity contribution is -0.0539. The maximum atomic E-state index is 6.13. The van der Waals surface area contributed by atoms with E-state index in [9.17, 15) is 0 Å². The van der Waals surface area contributed by atoms with Crippen LogP contribution in [-0.2, 0) is 4.74 Å². The van der Waals surface area contributed by atoms with E-state index >= 15 is 0 Å². The van der Waals surface area contributed by atoms with Gasteiger partial charge < -0.3 is 10.1 Å². The average molecular weight is 242 g/mol. The summed E-state index contributed by atoms with van der Waals surface area (Å²) in [5, 5.41) is 3.50. The molecular weight excluding hydrogens is 224 g/mol. The number of rotatable bonds is 0. The fourth-order valence-corrected chi connectivity index (χ4v) is 2.77. The van der Waals surface area contributed by atoms with Gasteiger partial charge in [0, 0.05) is 11.8 Å². The standard InChI is InChI=1S/C15H18N2O/c1-14(2)10-9-16-11-7-5-6-8-12(11)17-13(10)15(3,4)18-14/h5-9,17H,1-4H3. The third kappa shape index (κ3) is 1.58. The highest BCUT2D eigenvalue weighted by molar-refractivity contribution is 5.91. The van der Waals surface area contributed by atoms with E-state index in [1.54, 1.807) is 0 Å². The number of aliphatic imine (C=N–C) groups is 1. The Bertz CT molecular complexity index is 568. The van der Waals surface area contributed by atoms with Crippen LogP contribution in [0, 0.1) is 0 Å². The van der Waals surface area contributed by atoms with Gasteiger partial charge in [0.1, 0.15) is 5.60 Å². The van der Waals surface area contributed by atoms with Gasteiger partial charge in [-0.2, -0.15) is 0 Å². The van der Waals surface area contributed by atoms with Crippen molar-refractivity contribution in [2.24, 2.45) is 4.99 Å². The summed E-state index contributed by atoms with van der Waals surface area (Å²) in [6.07, 6.45) is 1.93. The summed E-state index contributed by atoms with van der Waals surface area (Å²) < 4.78 is 6.13. The van der Waals surface area contributed by atoms with Gasteiger partial charge >= 0.3 is 0 Å². The third-order valence-corrected chi connectivity index (χ3v) is 3.53. The van der Waals surface area contributed by atoms with Gasteiger partial charge in [-0.05, 0) is 39.8 Å². The Hall–Kier alpha value is -1.61. The molecule has 1 aromatic carbocycles. The van der Waals surface area contributed by atoms with E-state index in [1.165, 1.54) is 0 Å². The Morgan fingerprint density at radius 2 is 1.78 bits per heavy atom. The highest BCUT2D eigenvalue weighted by Gasteiger charge is 2.45. The van der Waals surface area contributed by atoms with Crippen molar-refractivity contribution in [2.75, 3.05) is 5.32 Å². The number of hydrogen-bond donors (Lipinski definition) is 1. The highest BCUT2D eigenvalue weighted by atomic mass is 16.5. The van der Waals surface area contributed by atoms with Crippen molar-refractivity contribution in [3.63, 3.8) is 0 Å². The fourth-order valence-electron chi connectivity index (χ4n) is 2.77. The van der Waals surface area contributed by atoms with Crippen molar-refractivity contribution in [3.8, 4) is 0 Å². The van der Waals surface area contributed by atoms with Crippen LogP contribution in [-0.4, -0.2) is 17.4 Å². The zero-order chi connectivity index (χ0) is 13.0. The normalized spacial score (nSPS) is 23.1. The number of benzene rings is 1. The van der Waals surface area contributed by atoms with Crippen LogP contribution in [0.15, 0.2) is 40.5 Å². The minimum atomic E-state index is -0.317. The van der Waals surface area contributed by atoms with E-state index in [0.29, 0.717) is 0 Å². The Balaban J connectivity index is 2.16. The first kappa shape index (κ1) is 11.5. The summed E-state index contributed by atoms with van der Waals surface area (Å²) in [7, 11) is 0. The van der Waals surface area contributed by atoms with Crippen molar-refractivity contribution in [1.29, 1.82) is 0 Å². The summed E-state index contributed by atoms with van der Waals surface area (Å²) in [5.74, 6) is 0. The van der Waals surface area contributed by atoms with Crippen LogP contribution < -0.4 is 5.32 Å². The number of anilines is 1. The molecule has 18 heavy (non-hydrogen) atoms. The van der Waals surface area contributed by atoms with E-state index in [0.717, 1.165) is 22.6 Å². The Morgan fingerprint density at radius 3 is 2.56 bits per heavy atom. The second-order valence-corrected chi connectivity index (χ2v) is 5.81. The van der Waals surface area contributed by atoms with Crippen molar-refractivity contribution >= 4 is 17.6 Å². The molecule has 94 valence electrons. The summed E-state index contributed by atoms with van der Waals surface area (Å²) in [6, 6.07) is 8.08. The molecule has 0 spiro atoms. The van der Waals surface area contributed by atoms with Gasteiger partial charge in [-0.1, -0.05) is 12.1 Å². The quantitative estimate of drug-likeness (QED) is 0.753. The number of fused-ring (bicyclic) bond motifs is 1. The predicted octanol–water partition coefficient (Wildman–Crippen LogP) is 3.66. The second kappa shape index (κ2) is 3.45. The number of para-hydroxylation sites is 2. The zero-order valence-corrected chi connectivity index (χ0v) is 11.2. The molecular formula is C15H18N2O. The molecule has 2 aliphatic rings. The van der Waals surface area contributed by atoms with E-state index in [-0.39, 0.29) is 11.2 Å². The molecule has 0 saturated heterocycles. The number of hydrogen-bond acceptors (Lipinski definition) is 3. The molecule has 0 atom stereocenters. The van der Waals surface area contributed by atoms with Gasteiger partial charge in [0.25, 0.3) is 0 Å². The molecule has 0 radical (unpaired) electrons.